The van der Waals surface area contributed by atoms with Gasteiger partial charge in [0.15, 0.2) is 0 Å². The Balaban J connectivity index is 2.14. The molecule has 0 aliphatic carbocycles. The second-order valence-electron chi connectivity index (χ2n) is 3.95. The molecule has 0 saturated carbocycles. The second kappa shape index (κ2) is 4.43. The maximum atomic E-state index is 10.6. The third kappa shape index (κ3) is 2.27. The first kappa shape index (κ1) is 10.8. The summed E-state index contributed by atoms with van der Waals surface area (Å²) in [5.41, 5.74) is 1.02. The van der Waals surface area contributed by atoms with E-state index in [0.29, 0.717) is 6.61 Å². The highest BCUT2D eigenvalue weighted by Gasteiger charge is 2.22. The monoisotopic (exact) mass is 222 g/mol. The van der Waals surface area contributed by atoms with Gasteiger partial charge in [-0.25, -0.2) is 0 Å². The Labute approximate surface area is 93.8 Å². The molecule has 0 amide bonds. The average molecular weight is 222 g/mol. The number of ether oxygens (including phenoxy) is 2. The quantitative estimate of drug-likeness (QED) is 0.846. The zero-order chi connectivity index (χ0) is 11.5. The lowest BCUT2D eigenvalue weighted by Gasteiger charge is -2.24. The van der Waals surface area contributed by atoms with Gasteiger partial charge in [-0.1, -0.05) is 0 Å². The number of hydrogen-bond acceptors (Lipinski definition) is 3. The van der Waals surface area contributed by atoms with Crippen molar-refractivity contribution >= 4 is 5.97 Å². The first-order chi connectivity index (χ1) is 7.69. The summed E-state index contributed by atoms with van der Waals surface area (Å²) in [6.45, 7) is 0.478. The number of hydrogen-bond donors (Lipinski definition) is 1. The number of carboxylic acid groups (broad SMARTS) is 1. The lowest BCUT2D eigenvalue weighted by Crippen LogP contribution is -2.23. The van der Waals surface area contributed by atoms with Crippen LogP contribution in [0.2, 0.25) is 0 Å². The number of benzene rings is 1. The summed E-state index contributed by atoms with van der Waals surface area (Å²) in [5, 5.41) is 8.73. The number of methoxy groups -OCH3 is 1. The van der Waals surface area contributed by atoms with Gasteiger partial charge in [0.1, 0.15) is 11.5 Å². The Bertz CT molecular complexity index is 400. The standard InChI is InChI=1S/C12H14O4/c1-15-10-2-3-11-9(6-10)4-8(7-16-11)5-12(13)14/h2-3,6,8H,4-5,7H2,1H3,(H,13,14). The number of carboxylic acids is 1. The van der Waals surface area contributed by atoms with Gasteiger partial charge in [0.2, 0.25) is 0 Å². The molecule has 0 fully saturated rings. The molecule has 16 heavy (non-hydrogen) atoms. The Hall–Kier alpha value is -1.71. The molecule has 2 rings (SSSR count). The maximum Gasteiger partial charge on any atom is 0.303 e. The van der Waals surface area contributed by atoms with Crippen molar-refractivity contribution in [3.8, 4) is 11.5 Å². The Kier molecular flexibility index (Phi) is 2.99. The molecule has 0 spiro atoms. The molecule has 86 valence electrons. The zero-order valence-electron chi connectivity index (χ0n) is 9.10. The topological polar surface area (TPSA) is 55.8 Å². The van der Waals surface area contributed by atoms with Gasteiger partial charge in [0, 0.05) is 5.92 Å². The highest BCUT2D eigenvalue weighted by Crippen LogP contribution is 2.31. The van der Waals surface area contributed by atoms with Crippen LogP contribution in [0.1, 0.15) is 12.0 Å². The van der Waals surface area contributed by atoms with E-state index < -0.39 is 5.97 Å². The molecule has 1 unspecified atom stereocenters. The molecule has 1 aromatic carbocycles. The highest BCUT2D eigenvalue weighted by molar-refractivity contribution is 5.67. The third-order valence-electron chi connectivity index (χ3n) is 2.71. The van der Waals surface area contributed by atoms with Crippen LogP contribution in [-0.4, -0.2) is 24.8 Å². The van der Waals surface area contributed by atoms with Crippen molar-refractivity contribution in [1.29, 1.82) is 0 Å². The van der Waals surface area contributed by atoms with Gasteiger partial charge >= 0.3 is 5.97 Å². The van der Waals surface area contributed by atoms with E-state index in [0.717, 1.165) is 23.5 Å². The van der Waals surface area contributed by atoms with Crippen molar-refractivity contribution in [3.63, 3.8) is 0 Å². The van der Waals surface area contributed by atoms with E-state index in [2.05, 4.69) is 0 Å². The van der Waals surface area contributed by atoms with Crippen LogP contribution < -0.4 is 9.47 Å². The fraction of sp³-hybridized carbons (Fsp3) is 0.417. The van der Waals surface area contributed by atoms with Crippen molar-refractivity contribution in [2.75, 3.05) is 13.7 Å². The Morgan fingerprint density at radius 1 is 1.62 bits per heavy atom. The predicted octanol–water partition coefficient (Wildman–Crippen LogP) is 1.72. The highest BCUT2D eigenvalue weighted by atomic mass is 16.5. The van der Waals surface area contributed by atoms with Gasteiger partial charge in [0.25, 0.3) is 0 Å². The first-order valence-corrected chi connectivity index (χ1v) is 5.20. The van der Waals surface area contributed by atoms with E-state index in [4.69, 9.17) is 14.6 Å². The molecule has 0 bridgehead atoms. The van der Waals surface area contributed by atoms with E-state index in [1.807, 2.05) is 18.2 Å². The SMILES string of the molecule is COc1ccc2c(c1)CC(CC(=O)O)CO2. The van der Waals surface area contributed by atoms with Gasteiger partial charge < -0.3 is 14.6 Å². The van der Waals surface area contributed by atoms with Gasteiger partial charge in [-0.2, -0.15) is 0 Å². The Morgan fingerprint density at radius 2 is 2.44 bits per heavy atom. The molecule has 1 N–H and O–H groups in total. The number of rotatable bonds is 3. The van der Waals surface area contributed by atoms with Crippen LogP contribution in [0.4, 0.5) is 0 Å². The van der Waals surface area contributed by atoms with Crippen LogP contribution in [0.3, 0.4) is 0 Å². The summed E-state index contributed by atoms with van der Waals surface area (Å²) < 4.78 is 10.6. The smallest absolute Gasteiger partial charge is 0.303 e. The van der Waals surface area contributed by atoms with E-state index in [1.165, 1.54) is 0 Å². The molecular weight excluding hydrogens is 208 g/mol. The fourth-order valence-corrected chi connectivity index (χ4v) is 1.94. The molecule has 0 aromatic heterocycles. The summed E-state index contributed by atoms with van der Waals surface area (Å²) in [5.74, 6) is 0.887. The minimum absolute atomic E-state index is 0.0529. The van der Waals surface area contributed by atoms with E-state index in [9.17, 15) is 4.79 Å². The summed E-state index contributed by atoms with van der Waals surface area (Å²) in [6, 6.07) is 5.62. The summed E-state index contributed by atoms with van der Waals surface area (Å²) in [4.78, 5) is 10.6. The third-order valence-corrected chi connectivity index (χ3v) is 2.71. The predicted molar refractivity (Wildman–Crippen MR) is 57.9 cm³/mol. The van der Waals surface area contributed by atoms with Gasteiger partial charge in [-0.15, -0.1) is 0 Å². The van der Waals surface area contributed by atoms with Crippen molar-refractivity contribution in [2.45, 2.75) is 12.8 Å². The normalized spacial score (nSPS) is 18.4. The van der Waals surface area contributed by atoms with Gasteiger partial charge in [0.05, 0.1) is 20.1 Å². The van der Waals surface area contributed by atoms with Gasteiger partial charge in [-0.05, 0) is 30.2 Å². The van der Waals surface area contributed by atoms with Crippen molar-refractivity contribution in [1.82, 2.24) is 0 Å². The molecule has 0 radical (unpaired) electrons. The van der Waals surface area contributed by atoms with Crippen LogP contribution in [0.5, 0.6) is 11.5 Å². The van der Waals surface area contributed by atoms with E-state index >= 15 is 0 Å². The van der Waals surface area contributed by atoms with E-state index in [-0.39, 0.29) is 12.3 Å². The minimum atomic E-state index is -0.778. The van der Waals surface area contributed by atoms with Crippen LogP contribution in [-0.2, 0) is 11.2 Å². The lowest BCUT2D eigenvalue weighted by molar-refractivity contribution is -0.138. The van der Waals surface area contributed by atoms with Crippen LogP contribution in [0.25, 0.3) is 0 Å². The van der Waals surface area contributed by atoms with Crippen LogP contribution in [0.15, 0.2) is 18.2 Å². The van der Waals surface area contributed by atoms with Crippen molar-refractivity contribution in [2.24, 2.45) is 5.92 Å². The molecule has 1 aliphatic rings. The maximum absolute atomic E-state index is 10.6. The molecule has 1 aliphatic heterocycles. The second-order valence-corrected chi connectivity index (χ2v) is 3.95. The molecule has 1 aromatic rings. The molecule has 0 saturated heterocycles. The number of aliphatic carboxylic acids is 1. The number of carbonyl (C=O) groups is 1. The first-order valence-electron chi connectivity index (χ1n) is 5.20. The van der Waals surface area contributed by atoms with Crippen LogP contribution >= 0.6 is 0 Å². The molecule has 1 heterocycles. The summed E-state index contributed by atoms with van der Waals surface area (Å²) in [6.07, 6.45) is 0.884. The van der Waals surface area contributed by atoms with Crippen molar-refractivity contribution < 1.29 is 19.4 Å². The van der Waals surface area contributed by atoms with E-state index in [1.54, 1.807) is 7.11 Å². The van der Waals surface area contributed by atoms with Gasteiger partial charge in [-0.3, -0.25) is 4.79 Å². The number of fused-ring (bicyclic) bond motifs is 1. The molecule has 4 nitrogen and oxygen atoms in total. The van der Waals surface area contributed by atoms with Crippen LogP contribution in [0, 0.1) is 5.92 Å². The lowest BCUT2D eigenvalue weighted by atomic mass is 9.94. The summed E-state index contributed by atoms with van der Waals surface area (Å²) in [7, 11) is 1.61. The molecule has 4 heteroatoms. The molecular formula is C12H14O4. The zero-order valence-corrected chi connectivity index (χ0v) is 9.10. The summed E-state index contributed by atoms with van der Waals surface area (Å²) >= 11 is 0. The Morgan fingerprint density at radius 3 is 3.12 bits per heavy atom. The van der Waals surface area contributed by atoms with Crippen molar-refractivity contribution in [3.05, 3.63) is 23.8 Å². The average Bonchev–Trinajstić information content (AvgIpc) is 2.27. The minimum Gasteiger partial charge on any atom is -0.497 e. The fourth-order valence-electron chi connectivity index (χ4n) is 1.94. The molecule has 1 atom stereocenters. The largest absolute Gasteiger partial charge is 0.497 e.